The fraction of sp³-hybridized carbons (Fsp3) is 0.368. The molecule has 0 saturated heterocycles. The van der Waals surface area contributed by atoms with Crippen LogP contribution in [0.4, 0.5) is 0 Å². The topological polar surface area (TPSA) is 21.3 Å². The molecular formula is C19H25NO. The van der Waals surface area contributed by atoms with E-state index in [4.69, 9.17) is 4.74 Å². The molecule has 0 unspecified atom stereocenters. The molecule has 0 atom stereocenters. The van der Waals surface area contributed by atoms with Crippen LogP contribution in [0.25, 0.3) is 0 Å². The van der Waals surface area contributed by atoms with Crippen LogP contribution in [-0.4, -0.2) is 6.61 Å². The fourth-order valence-electron chi connectivity index (χ4n) is 2.23. The lowest BCUT2D eigenvalue weighted by Gasteiger charge is -2.09. The number of nitrogens with one attached hydrogen (secondary N) is 1. The number of unbranched alkanes of at least 4 members (excludes halogenated alkanes) is 2. The first-order chi connectivity index (χ1) is 10.4. The zero-order chi connectivity index (χ0) is 14.8. The van der Waals surface area contributed by atoms with E-state index < -0.39 is 0 Å². The average molecular weight is 283 g/mol. The van der Waals surface area contributed by atoms with Crippen molar-refractivity contribution in [2.75, 3.05) is 6.61 Å². The summed E-state index contributed by atoms with van der Waals surface area (Å²) >= 11 is 0. The van der Waals surface area contributed by atoms with Crippen molar-refractivity contribution in [3.8, 4) is 5.75 Å². The monoisotopic (exact) mass is 283 g/mol. The van der Waals surface area contributed by atoms with Gasteiger partial charge in [0, 0.05) is 13.1 Å². The van der Waals surface area contributed by atoms with Crippen LogP contribution in [0.15, 0.2) is 54.6 Å². The smallest absolute Gasteiger partial charge is 0.119 e. The number of rotatable bonds is 9. The lowest BCUT2D eigenvalue weighted by Crippen LogP contribution is -2.12. The lowest BCUT2D eigenvalue weighted by atomic mass is 10.2. The standard InChI is InChI=1S/C19H25NO/c1-2-3-7-13-21-19-12-8-11-18(14-19)16-20-15-17-9-5-4-6-10-17/h4-6,8-12,14,20H,2-3,7,13,15-16H2,1H3. The SMILES string of the molecule is CCCCCOc1cccc(CNCc2ccccc2)c1. The Kier molecular flexibility index (Phi) is 6.82. The second-order valence-corrected chi connectivity index (χ2v) is 5.29. The molecule has 0 spiro atoms. The van der Waals surface area contributed by atoms with E-state index in [1.807, 2.05) is 12.1 Å². The third-order valence-electron chi connectivity index (χ3n) is 3.42. The van der Waals surface area contributed by atoms with Crippen LogP contribution in [-0.2, 0) is 13.1 Å². The second kappa shape index (κ2) is 9.19. The summed E-state index contributed by atoms with van der Waals surface area (Å²) in [4.78, 5) is 0. The van der Waals surface area contributed by atoms with Gasteiger partial charge in [-0.25, -0.2) is 0 Å². The number of benzene rings is 2. The first-order valence-electron chi connectivity index (χ1n) is 7.85. The molecule has 0 bridgehead atoms. The summed E-state index contributed by atoms with van der Waals surface area (Å²) < 4.78 is 5.79. The summed E-state index contributed by atoms with van der Waals surface area (Å²) in [5.41, 5.74) is 2.57. The van der Waals surface area contributed by atoms with Crippen molar-refractivity contribution in [3.63, 3.8) is 0 Å². The molecule has 2 heteroatoms. The second-order valence-electron chi connectivity index (χ2n) is 5.29. The summed E-state index contributed by atoms with van der Waals surface area (Å²) in [7, 11) is 0. The van der Waals surface area contributed by atoms with Gasteiger partial charge >= 0.3 is 0 Å². The van der Waals surface area contributed by atoms with Gasteiger partial charge in [-0.3, -0.25) is 0 Å². The van der Waals surface area contributed by atoms with E-state index >= 15 is 0 Å². The maximum atomic E-state index is 5.79. The molecule has 0 aromatic heterocycles. The molecule has 2 aromatic rings. The van der Waals surface area contributed by atoms with Gasteiger partial charge in [0.15, 0.2) is 0 Å². The zero-order valence-corrected chi connectivity index (χ0v) is 12.8. The number of hydrogen-bond donors (Lipinski definition) is 1. The van der Waals surface area contributed by atoms with Crippen molar-refractivity contribution in [1.29, 1.82) is 0 Å². The normalized spacial score (nSPS) is 10.5. The van der Waals surface area contributed by atoms with Gasteiger partial charge in [0.05, 0.1) is 6.61 Å². The Balaban J connectivity index is 1.75. The molecule has 2 rings (SSSR count). The molecule has 0 fully saturated rings. The summed E-state index contributed by atoms with van der Waals surface area (Å²) in [6, 6.07) is 18.8. The molecule has 112 valence electrons. The van der Waals surface area contributed by atoms with Crippen LogP contribution in [0.2, 0.25) is 0 Å². The minimum Gasteiger partial charge on any atom is -0.494 e. The molecule has 0 aliphatic heterocycles. The van der Waals surface area contributed by atoms with E-state index in [1.54, 1.807) is 0 Å². The summed E-state index contributed by atoms with van der Waals surface area (Å²) in [6.07, 6.45) is 3.60. The van der Waals surface area contributed by atoms with Crippen LogP contribution < -0.4 is 10.1 Å². The highest BCUT2D eigenvalue weighted by molar-refractivity contribution is 5.28. The first-order valence-corrected chi connectivity index (χ1v) is 7.85. The Bertz CT molecular complexity index is 510. The van der Waals surface area contributed by atoms with Crippen LogP contribution in [0, 0.1) is 0 Å². The Morgan fingerprint density at radius 1 is 0.857 bits per heavy atom. The first kappa shape index (κ1) is 15.6. The molecule has 0 heterocycles. The van der Waals surface area contributed by atoms with E-state index in [9.17, 15) is 0 Å². The number of ether oxygens (including phenoxy) is 1. The maximum Gasteiger partial charge on any atom is 0.119 e. The van der Waals surface area contributed by atoms with Crippen LogP contribution in [0.3, 0.4) is 0 Å². The van der Waals surface area contributed by atoms with Crippen LogP contribution >= 0.6 is 0 Å². The quantitative estimate of drug-likeness (QED) is 0.682. The van der Waals surface area contributed by atoms with E-state index in [0.717, 1.165) is 31.9 Å². The minimum atomic E-state index is 0.814. The van der Waals surface area contributed by atoms with Gasteiger partial charge in [0.2, 0.25) is 0 Å². The molecule has 0 aliphatic rings. The van der Waals surface area contributed by atoms with Gasteiger partial charge in [-0.15, -0.1) is 0 Å². The van der Waals surface area contributed by atoms with Gasteiger partial charge in [0.25, 0.3) is 0 Å². The molecule has 2 nitrogen and oxygen atoms in total. The Morgan fingerprint density at radius 2 is 1.62 bits per heavy atom. The average Bonchev–Trinajstić information content (AvgIpc) is 2.53. The van der Waals surface area contributed by atoms with Gasteiger partial charge in [0.1, 0.15) is 5.75 Å². The van der Waals surface area contributed by atoms with E-state index in [2.05, 4.69) is 54.7 Å². The predicted molar refractivity (Wildman–Crippen MR) is 88.4 cm³/mol. The molecule has 21 heavy (non-hydrogen) atoms. The summed E-state index contributed by atoms with van der Waals surface area (Å²) in [5.74, 6) is 0.977. The highest BCUT2D eigenvalue weighted by atomic mass is 16.5. The highest BCUT2D eigenvalue weighted by Crippen LogP contribution is 2.14. The summed E-state index contributed by atoms with van der Waals surface area (Å²) in [6.45, 7) is 4.78. The molecule has 0 saturated carbocycles. The van der Waals surface area contributed by atoms with Crippen molar-refractivity contribution in [3.05, 3.63) is 65.7 Å². The third-order valence-corrected chi connectivity index (χ3v) is 3.42. The zero-order valence-electron chi connectivity index (χ0n) is 12.8. The van der Waals surface area contributed by atoms with Gasteiger partial charge in [-0.2, -0.15) is 0 Å². The van der Waals surface area contributed by atoms with E-state index in [0.29, 0.717) is 0 Å². The molecule has 0 radical (unpaired) electrons. The third kappa shape index (κ3) is 6.01. The van der Waals surface area contributed by atoms with Crippen molar-refractivity contribution in [1.82, 2.24) is 5.32 Å². The van der Waals surface area contributed by atoms with Gasteiger partial charge < -0.3 is 10.1 Å². The molecule has 0 aliphatic carbocycles. The van der Waals surface area contributed by atoms with Crippen molar-refractivity contribution in [2.45, 2.75) is 39.3 Å². The van der Waals surface area contributed by atoms with Crippen molar-refractivity contribution in [2.24, 2.45) is 0 Å². The molecular weight excluding hydrogens is 258 g/mol. The molecule has 2 aromatic carbocycles. The van der Waals surface area contributed by atoms with Gasteiger partial charge in [-0.05, 0) is 29.7 Å². The van der Waals surface area contributed by atoms with Gasteiger partial charge in [-0.1, -0.05) is 62.2 Å². The lowest BCUT2D eigenvalue weighted by molar-refractivity contribution is 0.306. The maximum absolute atomic E-state index is 5.79. The highest BCUT2D eigenvalue weighted by Gasteiger charge is 1.98. The Morgan fingerprint density at radius 3 is 2.43 bits per heavy atom. The minimum absolute atomic E-state index is 0.814. The molecule has 0 amide bonds. The Labute approximate surface area is 128 Å². The van der Waals surface area contributed by atoms with Crippen LogP contribution in [0.1, 0.15) is 37.3 Å². The van der Waals surface area contributed by atoms with Crippen LogP contribution in [0.5, 0.6) is 5.75 Å². The van der Waals surface area contributed by atoms with Crippen molar-refractivity contribution < 1.29 is 4.74 Å². The number of hydrogen-bond acceptors (Lipinski definition) is 2. The summed E-state index contributed by atoms with van der Waals surface area (Å²) in [5, 5.41) is 3.47. The largest absolute Gasteiger partial charge is 0.494 e. The van der Waals surface area contributed by atoms with E-state index in [-0.39, 0.29) is 0 Å². The Hall–Kier alpha value is -1.80. The van der Waals surface area contributed by atoms with Crippen molar-refractivity contribution >= 4 is 0 Å². The van der Waals surface area contributed by atoms with E-state index in [1.165, 1.54) is 24.0 Å². The molecule has 1 N–H and O–H groups in total. The fourth-order valence-corrected chi connectivity index (χ4v) is 2.23. The predicted octanol–water partition coefficient (Wildman–Crippen LogP) is 4.55.